The smallest absolute Gasteiger partial charge is 0.143 e. The van der Waals surface area contributed by atoms with E-state index in [1.54, 1.807) is 0 Å². The number of anilines is 2. The monoisotopic (exact) mass is 511 g/mol. The maximum Gasteiger partial charge on any atom is 0.143 e. The maximum atomic E-state index is 6.36. The fourth-order valence-corrected chi connectivity index (χ4v) is 5.90. The van der Waals surface area contributed by atoms with Crippen LogP contribution >= 0.6 is 0 Å². The van der Waals surface area contributed by atoms with Crippen LogP contribution in [0.5, 0.6) is 0 Å². The largest absolute Gasteiger partial charge is 0.455 e. The third kappa shape index (κ3) is 3.73. The molecule has 40 heavy (non-hydrogen) atoms. The van der Waals surface area contributed by atoms with Crippen LogP contribution in [-0.2, 0) is 0 Å². The van der Waals surface area contributed by atoms with Gasteiger partial charge in [0.1, 0.15) is 11.2 Å². The molecule has 1 aromatic heterocycles. The molecule has 8 rings (SSSR count). The molecular weight excluding hydrogens is 486 g/mol. The molecular formula is C38H25NO. The van der Waals surface area contributed by atoms with Crippen LogP contribution in [0.2, 0.25) is 0 Å². The Morgan fingerprint density at radius 2 is 1.15 bits per heavy atom. The number of benzene rings is 7. The Labute approximate surface area is 232 Å². The van der Waals surface area contributed by atoms with Crippen molar-refractivity contribution >= 4 is 54.9 Å². The topological polar surface area (TPSA) is 25.2 Å². The van der Waals surface area contributed by atoms with Crippen molar-refractivity contribution in [2.24, 2.45) is 0 Å². The van der Waals surface area contributed by atoms with E-state index in [0.29, 0.717) is 0 Å². The van der Waals surface area contributed by atoms with Crippen LogP contribution in [0, 0.1) is 0 Å². The second-order valence-corrected chi connectivity index (χ2v) is 10.3. The highest BCUT2D eigenvalue weighted by Gasteiger charge is 2.14. The van der Waals surface area contributed by atoms with Crippen molar-refractivity contribution in [3.63, 3.8) is 0 Å². The zero-order valence-corrected chi connectivity index (χ0v) is 21.8. The lowest BCUT2D eigenvalue weighted by atomic mass is 9.95. The van der Waals surface area contributed by atoms with E-state index in [1.807, 2.05) is 12.1 Å². The number of rotatable bonds is 4. The summed E-state index contributed by atoms with van der Waals surface area (Å²) in [5.74, 6) is 0. The molecule has 0 radical (unpaired) electrons. The quantitative estimate of drug-likeness (QED) is 0.254. The Morgan fingerprint density at radius 3 is 2.02 bits per heavy atom. The third-order valence-corrected chi connectivity index (χ3v) is 7.85. The molecule has 7 aromatic carbocycles. The highest BCUT2D eigenvalue weighted by atomic mass is 16.3. The minimum atomic E-state index is 0.887. The van der Waals surface area contributed by atoms with Crippen LogP contribution in [0.15, 0.2) is 150 Å². The van der Waals surface area contributed by atoms with Crippen LogP contribution in [-0.4, -0.2) is 0 Å². The predicted molar refractivity (Wildman–Crippen MR) is 169 cm³/mol. The predicted octanol–water partition coefficient (Wildman–Crippen LogP) is 11.0. The van der Waals surface area contributed by atoms with Gasteiger partial charge in [0.05, 0.1) is 11.1 Å². The molecule has 0 aliphatic rings. The number of hydrogen-bond acceptors (Lipinski definition) is 2. The van der Waals surface area contributed by atoms with E-state index in [-0.39, 0.29) is 0 Å². The van der Waals surface area contributed by atoms with Crippen molar-refractivity contribution in [2.75, 3.05) is 5.32 Å². The van der Waals surface area contributed by atoms with Gasteiger partial charge < -0.3 is 9.73 Å². The minimum absolute atomic E-state index is 0.887. The second-order valence-electron chi connectivity index (χ2n) is 10.3. The Bertz CT molecular complexity index is 2180. The van der Waals surface area contributed by atoms with E-state index in [9.17, 15) is 0 Å². The molecule has 1 heterocycles. The molecule has 0 unspecified atom stereocenters. The van der Waals surface area contributed by atoms with Crippen molar-refractivity contribution in [1.82, 2.24) is 0 Å². The van der Waals surface area contributed by atoms with Crippen LogP contribution in [0.3, 0.4) is 0 Å². The second kappa shape index (κ2) is 9.14. The SMILES string of the molecule is c1cc(-c2ccc(Nc3cccc4oc5c6ccccc6ccc5c34)cc2)cc(-c2cccc3ccccc23)c1. The average molecular weight is 512 g/mol. The molecule has 8 aromatic rings. The van der Waals surface area contributed by atoms with Gasteiger partial charge in [0.15, 0.2) is 0 Å². The highest BCUT2D eigenvalue weighted by molar-refractivity contribution is 6.18. The van der Waals surface area contributed by atoms with Crippen molar-refractivity contribution in [1.29, 1.82) is 0 Å². The molecule has 0 saturated carbocycles. The van der Waals surface area contributed by atoms with E-state index in [0.717, 1.165) is 38.7 Å². The summed E-state index contributed by atoms with van der Waals surface area (Å²) >= 11 is 0. The Kier molecular flexibility index (Phi) is 5.17. The molecule has 0 spiro atoms. The minimum Gasteiger partial charge on any atom is -0.455 e. The Balaban J connectivity index is 1.14. The summed E-state index contributed by atoms with van der Waals surface area (Å²) in [5, 5.41) is 10.7. The van der Waals surface area contributed by atoms with Crippen molar-refractivity contribution < 1.29 is 4.42 Å². The lowest BCUT2D eigenvalue weighted by molar-refractivity contribution is 0.673. The molecule has 0 bridgehead atoms. The van der Waals surface area contributed by atoms with Gasteiger partial charge in [-0.1, -0.05) is 109 Å². The summed E-state index contributed by atoms with van der Waals surface area (Å²) in [7, 11) is 0. The van der Waals surface area contributed by atoms with E-state index >= 15 is 0 Å². The molecule has 1 N–H and O–H groups in total. The number of hydrogen-bond donors (Lipinski definition) is 1. The third-order valence-electron chi connectivity index (χ3n) is 7.85. The first-order valence-corrected chi connectivity index (χ1v) is 13.6. The van der Waals surface area contributed by atoms with E-state index < -0.39 is 0 Å². The van der Waals surface area contributed by atoms with Gasteiger partial charge in [-0.05, 0) is 74.8 Å². The molecule has 2 heteroatoms. The van der Waals surface area contributed by atoms with Crippen molar-refractivity contribution in [3.05, 3.63) is 146 Å². The maximum absolute atomic E-state index is 6.36. The number of fused-ring (bicyclic) bond motifs is 6. The number of furan rings is 1. The fourth-order valence-electron chi connectivity index (χ4n) is 5.90. The van der Waals surface area contributed by atoms with Gasteiger partial charge >= 0.3 is 0 Å². The Hall–Kier alpha value is -5.34. The lowest BCUT2D eigenvalue weighted by Crippen LogP contribution is -1.91. The Morgan fingerprint density at radius 1 is 0.450 bits per heavy atom. The zero-order chi connectivity index (χ0) is 26.5. The summed E-state index contributed by atoms with van der Waals surface area (Å²) in [6, 6.07) is 51.5. The van der Waals surface area contributed by atoms with Crippen LogP contribution in [0.1, 0.15) is 0 Å². The van der Waals surface area contributed by atoms with Gasteiger partial charge in [0.25, 0.3) is 0 Å². The fraction of sp³-hybridized carbons (Fsp3) is 0. The average Bonchev–Trinajstić information content (AvgIpc) is 3.42. The van der Waals surface area contributed by atoms with E-state index in [4.69, 9.17) is 4.42 Å². The van der Waals surface area contributed by atoms with Gasteiger partial charge in [-0.15, -0.1) is 0 Å². The molecule has 0 aliphatic heterocycles. The summed E-state index contributed by atoms with van der Waals surface area (Å²) in [6.45, 7) is 0. The van der Waals surface area contributed by atoms with Crippen LogP contribution in [0.4, 0.5) is 11.4 Å². The van der Waals surface area contributed by atoms with Gasteiger partial charge in [-0.25, -0.2) is 0 Å². The molecule has 0 saturated heterocycles. The van der Waals surface area contributed by atoms with Gasteiger partial charge in [0, 0.05) is 16.5 Å². The van der Waals surface area contributed by atoms with Crippen LogP contribution < -0.4 is 5.32 Å². The zero-order valence-electron chi connectivity index (χ0n) is 21.8. The van der Waals surface area contributed by atoms with Gasteiger partial charge in [0.2, 0.25) is 0 Å². The van der Waals surface area contributed by atoms with E-state index in [2.05, 4.69) is 139 Å². The molecule has 0 atom stereocenters. The molecule has 0 amide bonds. The van der Waals surface area contributed by atoms with Gasteiger partial charge in [-0.3, -0.25) is 0 Å². The summed E-state index contributed by atoms with van der Waals surface area (Å²) in [5.41, 5.74) is 8.77. The normalized spacial score (nSPS) is 11.5. The summed E-state index contributed by atoms with van der Waals surface area (Å²) in [4.78, 5) is 0. The molecule has 188 valence electrons. The van der Waals surface area contributed by atoms with Crippen LogP contribution in [0.25, 0.3) is 65.7 Å². The van der Waals surface area contributed by atoms with Crippen molar-refractivity contribution in [2.45, 2.75) is 0 Å². The summed E-state index contributed by atoms with van der Waals surface area (Å²) < 4.78 is 6.36. The molecule has 0 aliphatic carbocycles. The first-order chi connectivity index (χ1) is 19.8. The molecule has 0 fully saturated rings. The highest BCUT2D eigenvalue weighted by Crippen LogP contribution is 2.39. The first-order valence-electron chi connectivity index (χ1n) is 13.6. The molecule has 2 nitrogen and oxygen atoms in total. The standard InChI is InChI=1S/C38H25NO/c1-3-13-31-26(8-1)10-6-15-32(31)29-12-5-11-28(24-29)25-18-21-30(22-19-25)39-35-16-7-17-36-37(35)34-23-20-27-9-2-4-14-33(27)38(34)40-36/h1-24,39H. The summed E-state index contributed by atoms with van der Waals surface area (Å²) in [6.07, 6.45) is 0. The van der Waals surface area contributed by atoms with E-state index in [1.165, 1.54) is 38.4 Å². The first kappa shape index (κ1) is 22.6. The lowest BCUT2D eigenvalue weighted by Gasteiger charge is -2.11. The number of nitrogens with one attached hydrogen (secondary N) is 1. The van der Waals surface area contributed by atoms with Gasteiger partial charge in [-0.2, -0.15) is 0 Å². The van der Waals surface area contributed by atoms with Crippen molar-refractivity contribution in [3.8, 4) is 22.3 Å².